The van der Waals surface area contributed by atoms with Gasteiger partial charge in [-0.3, -0.25) is 4.98 Å². The van der Waals surface area contributed by atoms with Crippen molar-refractivity contribution in [3.05, 3.63) is 18.5 Å². The van der Waals surface area contributed by atoms with Crippen LogP contribution in [0.25, 0.3) is 0 Å². The first-order valence-corrected chi connectivity index (χ1v) is 2.87. The molecule has 1 amide bonds. The minimum Gasteiger partial charge on any atom is -0.408 e. The van der Waals surface area contributed by atoms with Crippen molar-refractivity contribution in [3.63, 3.8) is 0 Å². The van der Waals surface area contributed by atoms with E-state index in [1.807, 2.05) is 0 Å². The van der Waals surface area contributed by atoms with Crippen molar-refractivity contribution in [1.82, 2.24) is 4.98 Å². The van der Waals surface area contributed by atoms with Gasteiger partial charge < -0.3 is 16.2 Å². The summed E-state index contributed by atoms with van der Waals surface area (Å²) in [6, 6.07) is 1.46. The molecule has 0 radical (unpaired) electrons. The number of carbonyl (C=O) groups excluding carboxylic acids is 1. The third-order valence-electron chi connectivity index (χ3n) is 1.02. The van der Waals surface area contributed by atoms with Crippen LogP contribution in [0.1, 0.15) is 0 Å². The number of nitrogens with two attached hydrogens (primary N) is 2. The lowest BCUT2D eigenvalue weighted by molar-refractivity contribution is 0.211. The van der Waals surface area contributed by atoms with Gasteiger partial charge in [0.1, 0.15) is 0 Å². The summed E-state index contributed by atoms with van der Waals surface area (Å²) < 4.78 is 4.52. The van der Waals surface area contributed by atoms with Gasteiger partial charge in [0.15, 0.2) is 5.75 Å². The molecule has 1 heterocycles. The SMILES string of the molecule is NC(=O)Oc1ccncc1N. The highest BCUT2D eigenvalue weighted by atomic mass is 16.5. The first kappa shape index (κ1) is 7.33. The normalized spacial score (nSPS) is 9.09. The van der Waals surface area contributed by atoms with Crippen molar-refractivity contribution >= 4 is 11.8 Å². The zero-order valence-electron chi connectivity index (χ0n) is 5.65. The number of ether oxygens (including phenoxy) is 1. The van der Waals surface area contributed by atoms with Crippen LogP contribution in [0.3, 0.4) is 0 Å². The Balaban J connectivity index is 2.86. The maximum absolute atomic E-state index is 10.2. The number of pyridine rings is 1. The highest BCUT2D eigenvalue weighted by Gasteiger charge is 2.01. The number of carbonyl (C=O) groups is 1. The molecule has 0 aliphatic heterocycles. The van der Waals surface area contributed by atoms with Crippen molar-refractivity contribution < 1.29 is 9.53 Å². The Hall–Kier alpha value is -1.78. The Morgan fingerprint density at radius 2 is 2.36 bits per heavy atom. The molecule has 4 N–H and O–H groups in total. The summed E-state index contributed by atoms with van der Waals surface area (Å²) >= 11 is 0. The monoisotopic (exact) mass is 153 g/mol. The van der Waals surface area contributed by atoms with Crippen LogP contribution in [0.2, 0.25) is 0 Å². The maximum atomic E-state index is 10.2. The summed E-state index contributed by atoms with van der Waals surface area (Å²) in [5.74, 6) is 0.229. The van der Waals surface area contributed by atoms with Gasteiger partial charge in [-0.05, 0) is 0 Å². The van der Waals surface area contributed by atoms with Crippen LogP contribution >= 0.6 is 0 Å². The van der Waals surface area contributed by atoms with E-state index < -0.39 is 6.09 Å². The van der Waals surface area contributed by atoms with Crippen LogP contribution in [0.15, 0.2) is 18.5 Å². The first-order chi connectivity index (χ1) is 5.20. The average molecular weight is 153 g/mol. The molecule has 58 valence electrons. The van der Waals surface area contributed by atoms with Crippen LogP contribution in [0, 0.1) is 0 Å². The molecular weight excluding hydrogens is 146 g/mol. The van der Waals surface area contributed by atoms with Gasteiger partial charge in [-0.15, -0.1) is 0 Å². The molecule has 1 aromatic heterocycles. The zero-order chi connectivity index (χ0) is 8.27. The molecule has 5 nitrogen and oxygen atoms in total. The minimum absolute atomic E-state index is 0.229. The molecule has 0 saturated carbocycles. The van der Waals surface area contributed by atoms with Gasteiger partial charge in [0.25, 0.3) is 0 Å². The standard InChI is InChI=1S/C6H7N3O2/c7-4-3-9-2-1-5(4)11-6(8)10/h1-3H,7H2,(H2,8,10). The molecular formula is C6H7N3O2. The van der Waals surface area contributed by atoms with Crippen LogP contribution in [-0.2, 0) is 0 Å². The van der Waals surface area contributed by atoms with Crippen LogP contribution in [-0.4, -0.2) is 11.1 Å². The van der Waals surface area contributed by atoms with Gasteiger partial charge in [-0.2, -0.15) is 0 Å². The quantitative estimate of drug-likeness (QED) is 0.599. The third kappa shape index (κ3) is 1.82. The lowest BCUT2D eigenvalue weighted by Gasteiger charge is -2.01. The van der Waals surface area contributed by atoms with Gasteiger partial charge in [0, 0.05) is 12.3 Å². The van der Waals surface area contributed by atoms with E-state index in [0.29, 0.717) is 0 Å². The maximum Gasteiger partial charge on any atom is 0.410 e. The van der Waals surface area contributed by atoms with Crippen LogP contribution < -0.4 is 16.2 Å². The van der Waals surface area contributed by atoms with Crippen LogP contribution in [0.5, 0.6) is 5.75 Å². The Morgan fingerprint density at radius 1 is 1.64 bits per heavy atom. The molecule has 1 aromatic rings. The van der Waals surface area contributed by atoms with E-state index in [9.17, 15) is 4.79 Å². The van der Waals surface area contributed by atoms with E-state index in [0.717, 1.165) is 0 Å². The summed E-state index contributed by atoms with van der Waals surface area (Å²) in [5.41, 5.74) is 10.4. The smallest absolute Gasteiger partial charge is 0.408 e. The van der Waals surface area contributed by atoms with E-state index in [1.165, 1.54) is 18.5 Å². The van der Waals surface area contributed by atoms with E-state index in [2.05, 4.69) is 9.72 Å². The molecule has 0 saturated heterocycles. The number of hydrogen-bond acceptors (Lipinski definition) is 4. The van der Waals surface area contributed by atoms with Crippen molar-refractivity contribution in [2.24, 2.45) is 5.73 Å². The topological polar surface area (TPSA) is 91.2 Å². The van der Waals surface area contributed by atoms with Crippen molar-refractivity contribution in [2.75, 3.05) is 5.73 Å². The second kappa shape index (κ2) is 2.87. The van der Waals surface area contributed by atoms with Gasteiger partial charge in [0.2, 0.25) is 0 Å². The molecule has 0 aliphatic rings. The van der Waals surface area contributed by atoms with Crippen LogP contribution in [0.4, 0.5) is 10.5 Å². The Kier molecular flexibility index (Phi) is 1.91. The Bertz CT molecular complexity index is 274. The molecule has 1 rings (SSSR count). The van der Waals surface area contributed by atoms with Gasteiger partial charge in [0.05, 0.1) is 11.9 Å². The highest BCUT2D eigenvalue weighted by Crippen LogP contribution is 2.17. The molecule has 11 heavy (non-hydrogen) atoms. The Labute approximate surface area is 63.0 Å². The number of hydrogen-bond donors (Lipinski definition) is 2. The molecule has 0 fully saturated rings. The molecule has 0 atom stereocenters. The van der Waals surface area contributed by atoms with Crippen molar-refractivity contribution in [2.45, 2.75) is 0 Å². The van der Waals surface area contributed by atoms with Gasteiger partial charge in [-0.25, -0.2) is 4.79 Å². The number of aromatic nitrogens is 1. The van der Waals surface area contributed by atoms with E-state index >= 15 is 0 Å². The summed E-state index contributed by atoms with van der Waals surface area (Å²) in [6.07, 6.45) is 1.94. The lowest BCUT2D eigenvalue weighted by atomic mass is 10.4. The third-order valence-corrected chi connectivity index (χ3v) is 1.02. The summed E-state index contributed by atoms with van der Waals surface area (Å²) in [5, 5.41) is 0. The second-order valence-electron chi connectivity index (χ2n) is 1.83. The number of rotatable bonds is 1. The molecule has 0 aliphatic carbocycles. The van der Waals surface area contributed by atoms with Crippen molar-refractivity contribution in [1.29, 1.82) is 0 Å². The zero-order valence-corrected chi connectivity index (χ0v) is 5.65. The number of nitrogen functional groups attached to an aromatic ring is 1. The molecule has 0 aromatic carbocycles. The number of primary amides is 1. The Morgan fingerprint density at radius 3 is 2.91 bits per heavy atom. The van der Waals surface area contributed by atoms with Crippen molar-refractivity contribution in [3.8, 4) is 5.75 Å². The second-order valence-corrected chi connectivity index (χ2v) is 1.83. The highest BCUT2D eigenvalue weighted by molar-refractivity contribution is 5.70. The molecule has 0 bridgehead atoms. The fourth-order valence-corrected chi connectivity index (χ4v) is 0.595. The van der Waals surface area contributed by atoms with E-state index in [1.54, 1.807) is 0 Å². The lowest BCUT2D eigenvalue weighted by Crippen LogP contribution is -2.16. The largest absolute Gasteiger partial charge is 0.410 e. The van der Waals surface area contributed by atoms with Gasteiger partial charge >= 0.3 is 6.09 Å². The number of nitrogens with zero attached hydrogens (tertiary/aromatic N) is 1. The average Bonchev–Trinajstić information content (AvgIpc) is 1.93. The van der Waals surface area contributed by atoms with E-state index in [-0.39, 0.29) is 11.4 Å². The van der Waals surface area contributed by atoms with E-state index in [4.69, 9.17) is 11.5 Å². The fourth-order valence-electron chi connectivity index (χ4n) is 0.595. The van der Waals surface area contributed by atoms with Gasteiger partial charge in [-0.1, -0.05) is 0 Å². The molecule has 5 heteroatoms. The predicted molar refractivity (Wildman–Crippen MR) is 38.9 cm³/mol. The number of amides is 1. The summed E-state index contributed by atoms with van der Waals surface area (Å²) in [6.45, 7) is 0. The molecule has 0 unspecified atom stereocenters. The summed E-state index contributed by atoms with van der Waals surface area (Å²) in [4.78, 5) is 13.9. The summed E-state index contributed by atoms with van der Waals surface area (Å²) in [7, 11) is 0. The minimum atomic E-state index is -0.886. The number of anilines is 1. The predicted octanol–water partition coefficient (Wildman–Crippen LogP) is 0.121. The molecule has 0 spiro atoms. The first-order valence-electron chi connectivity index (χ1n) is 2.87. The fraction of sp³-hybridized carbons (Fsp3) is 0.